The molecule has 0 fully saturated rings. The van der Waals surface area contributed by atoms with Crippen LogP contribution in [0.2, 0.25) is 0 Å². The molecule has 0 bridgehead atoms. The van der Waals surface area contributed by atoms with Crippen LogP contribution in [-0.2, 0) is 0 Å². The zero-order valence-electron chi connectivity index (χ0n) is 10.2. The predicted molar refractivity (Wildman–Crippen MR) is 60.9 cm³/mol. The molecule has 0 heterocycles. The van der Waals surface area contributed by atoms with Gasteiger partial charge in [0.05, 0.1) is 23.5 Å². The van der Waals surface area contributed by atoms with Gasteiger partial charge in [-0.15, -0.1) is 0 Å². The average molecular weight is 207 g/mol. The summed E-state index contributed by atoms with van der Waals surface area (Å²) in [6.07, 6.45) is 0.857. The minimum Gasteiger partial charge on any atom is -0.302 e. The van der Waals surface area contributed by atoms with E-state index in [1.54, 1.807) is 0 Å². The van der Waals surface area contributed by atoms with Gasteiger partial charge in [-0.3, -0.25) is 0 Å². The fraction of sp³-hybridized carbons (Fsp3) is 0.833. The second kappa shape index (κ2) is 6.43. The Balaban J connectivity index is 4.03. The Morgan fingerprint density at radius 3 is 2.33 bits per heavy atom. The summed E-state index contributed by atoms with van der Waals surface area (Å²) in [5.41, 5.74) is -0.261. The van der Waals surface area contributed by atoms with Crippen LogP contribution in [0.4, 0.5) is 0 Å². The number of nitriles is 2. The van der Waals surface area contributed by atoms with Gasteiger partial charge in [-0.25, -0.2) is 0 Å². The molecule has 84 valence electrons. The normalized spacial score (nSPS) is 13.3. The molecular formula is C12H21N3. The summed E-state index contributed by atoms with van der Waals surface area (Å²) in [6.45, 7) is 10.6. The van der Waals surface area contributed by atoms with Crippen LogP contribution < -0.4 is 0 Å². The van der Waals surface area contributed by atoms with Crippen LogP contribution in [0.3, 0.4) is 0 Å². The summed E-state index contributed by atoms with van der Waals surface area (Å²) in [7, 11) is 0. The van der Waals surface area contributed by atoms with Crippen LogP contribution >= 0.6 is 0 Å². The van der Waals surface area contributed by atoms with E-state index in [2.05, 4.69) is 24.0 Å². The standard InChI is InChI=1S/C12H21N3/c1-5-15(9-11(2)8-13)7-6-12(3,4)10-14/h11H,5-7,9H2,1-4H3. The molecule has 0 rings (SSSR count). The maximum absolute atomic E-state index is 8.89. The van der Waals surface area contributed by atoms with Crippen molar-refractivity contribution in [3.8, 4) is 12.1 Å². The Morgan fingerprint density at radius 2 is 1.93 bits per heavy atom. The molecule has 0 saturated heterocycles. The summed E-state index contributed by atoms with van der Waals surface area (Å²) in [4.78, 5) is 2.23. The lowest BCUT2D eigenvalue weighted by atomic mass is 9.91. The highest BCUT2D eigenvalue weighted by Crippen LogP contribution is 2.19. The third kappa shape index (κ3) is 6.10. The smallest absolute Gasteiger partial charge is 0.0684 e. The van der Waals surface area contributed by atoms with E-state index in [9.17, 15) is 0 Å². The summed E-state index contributed by atoms with van der Waals surface area (Å²) < 4.78 is 0. The monoisotopic (exact) mass is 207 g/mol. The number of hydrogen-bond donors (Lipinski definition) is 0. The van der Waals surface area contributed by atoms with Gasteiger partial charge in [0.1, 0.15) is 0 Å². The van der Waals surface area contributed by atoms with Crippen LogP contribution in [0.25, 0.3) is 0 Å². The Bertz CT molecular complexity index is 257. The van der Waals surface area contributed by atoms with E-state index in [0.717, 1.165) is 26.1 Å². The highest BCUT2D eigenvalue weighted by Gasteiger charge is 2.18. The lowest BCUT2D eigenvalue weighted by Crippen LogP contribution is -2.31. The summed E-state index contributed by atoms with van der Waals surface area (Å²) >= 11 is 0. The van der Waals surface area contributed by atoms with E-state index in [-0.39, 0.29) is 11.3 Å². The molecule has 0 aliphatic heterocycles. The molecule has 0 aromatic rings. The first-order chi connectivity index (χ1) is 6.95. The molecule has 0 aliphatic carbocycles. The number of hydrogen-bond acceptors (Lipinski definition) is 3. The Morgan fingerprint density at radius 1 is 1.33 bits per heavy atom. The fourth-order valence-electron chi connectivity index (χ4n) is 1.30. The summed E-state index contributed by atoms with van der Waals surface area (Å²) in [5.74, 6) is 0.0650. The SMILES string of the molecule is CCN(CCC(C)(C)C#N)CC(C)C#N. The Kier molecular flexibility index (Phi) is 5.97. The van der Waals surface area contributed by atoms with Crippen LogP contribution in [0.15, 0.2) is 0 Å². The van der Waals surface area contributed by atoms with Crippen molar-refractivity contribution < 1.29 is 0 Å². The van der Waals surface area contributed by atoms with Crippen molar-refractivity contribution in [2.75, 3.05) is 19.6 Å². The molecule has 0 aliphatic rings. The van der Waals surface area contributed by atoms with Gasteiger partial charge in [0.25, 0.3) is 0 Å². The third-order valence-electron chi connectivity index (χ3n) is 2.56. The maximum atomic E-state index is 8.89. The molecule has 0 N–H and O–H groups in total. The lowest BCUT2D eigenvalue weighted by Gasteiger charge is -2.24. The van der Waals surface area contributed by atoms with Crippen LogP contribution in [0.5, 0.6) is 0 Å². The number of nitrogens with zero attached hydrogens (tertiary/aromatic N) is 3. The van der Waals surface area contributed by atoms with Gasteiger partial charge in [-0.05, 0) is 40.3 Å². The minimum atomic E-state index is -0.261. The van der Waals surface area contributed by atoms with Gasteiger partial charge < -0.3 is 4.90 Å². The van der Waals surface area contributed by atoms with Crippen molar-refractivity contribution in [2.24, 2.45) is 11.3 Å². The van der Waals surface area contributed by atoms with Crippen molar-refractivity contribution in [2.45, 2.75) is 34.1 Å². The zero-order valence-corrected chi connectivity index (χ0v) is 10.2. The largest absolute Gasteiger partial charge is 0.302 e. The third-order valence-corrected chi connectivity index (χ3v) is 2.56. The number of rotatable bonds is 6. The Hall–Kier alpha value is -1.06. The molecule has 0 radical (unpaired) electrons. The molecule has 0 aromatic heterocycles. The predicted octanol–water partition coefficient (Wildman–Crippen LogP) is 2.41. The van der Waals surface area contributed by atoms with Gasteiger partial charge in [0.2, 0.25) is 0 Å². The highest BCUT2D eigenvalue weighted by molar-refractivity contribution is 4.92. The molecule has 1 atom stereocenters. The second-order valence-corrected chi connectivity index (χ2v) is 4.67. The van der Waals surface area contributed by atoms with Gasteiger partial charge in [-0.1, -0.05) is 6.92 Å². The molecule has 0 spiro atoms. The molecule has 3 heteroatoms. The topological polar surface area (TPSA) is 50.8 Å². The quantitative estimate of drug-likeness (QED) is 0.672. The minimum absolute atomic E-state index is 0.0650. The van der Waals surface area contributed by atoms with Crippen LogP contribution in [0.1, 0.15) is 34.1 Å². The van der Waals surface area contributed by atoms with E-state index in [1.807, 2.05) is 20.8 Å². The fourth-order valence-corrected chi connectivity index (χ4v) is 1.30. The van der Waals surface area contributed by atoms with Gasteiger partial charge in [0, 0.05) is 6.54 Å². The summed E-state index contributed by atoms with van der Waals surface area (Å²) in [6, 6.07) is 4.53. The lowest BCUT2D eigenvalue weighted by molar-refractivity contribution is 0.238. The van der Waals surface area contributed by atoms with Crippen molar-refractivity contribution in [1.82, 2.24) is 4.90 Å². The first kappa shape index (κ1) is 13.9. The van der Waals surface area contributed by atoms with Gasteiger partial charge in [-0.2, -0.15) is 10.5 Å². The van der Waals surface area contributed by atoms with E-state index in [0.29, 0.717) is 0 Å². The first-order valence-corrected chi connectivity index (χ1v) is 5.48. The van der Waals surface area contributed by atoms with Crippen molar-refractivity contribution in [3.63, 3.8) is 0 Å². The molecule has 15 heavy (non-hydrogen) atoms. The van der Waals surface area contributed by atoms with Gasteiger partial charge in [0.15, 0.2) is 0 Å². The van der Waals surface area contributed by atoms with Crippen LogP contribution in [-0.4, -0.2) is 24.5 Å². The second-order valence-electron chi connectivity index (χ2n) is 4.67. The van der Waals surface area contributed by atoms with Gasteiger partial charge >= 0.3 is 0 Å². The molecule has 0 aromatic carbocycles. The maximum Gasteiger partial charge on any atom is 0.0684 e. The van der Waals surface area contributed by atoms with Crippen molar-refractivity contribution >= 4 is 0 Å². The van der Waals surface area contributed by atoms with Crippen molar-refractivity contribution in [1.29, 1.82) is 10.5 Å². The molecule has 0 amide bonds. The molecule has 1 unspecified atom stereocenters. The van der Waals surface area contributed by atoms with E-state index in [1.165, 1.54) is 0 Å². The van der Waals surface area contributed by atoms with E-state index < -0.39 is 0 Å². The summed E-state index contributed by atoms with van der Waals surface area (Å²) in [5, 5.41) is 17.6. The van der Waals surface area contributed by atoms with E-state index in [4.69, 9.17) is 10.5 Å². The van der Waals surface area contributed by atoms with Crippen LogP contribution in [0, 0.1) is 34.0 Å². The average Bonchev–Trinajstić information content (AvgIpc) is 2.23. The zero-order chi connectivity index (χ0) is 11.9. The first-order valence-electron chi connectivity index (χ1n) is 5.48. The van der Waals surface area contributed by atoms with E-state index >= 15 is 0 Å². The highest BCUT2D eigenvalue weighted by atomic mass is 15.1. The molecular weight excluding hydrogens is 186 g/mol. The molecule has 3 nitrogen and oxygen atoms in total. The molecule has 0 saturated carbocycles. The van der Waals surface area contributed by atoms with Crippen molar-refractivity contribution in [3.05, 3.63) is 0 Å². The Labute approximate surface area is 93.3 Å².